The number of hydrogen-bond donors (Lipinski definition) is 1. The minimum Gasteiger partial charge on any atom is -0.494 e. The van der Waals surface area contributed by atoms with Gasteiger partial charge in [-0.05, 0) is 48.7 Å². The molecule has 0 aromatic heterocycles. The molecule has 0 saturated carbocycles. The van der Waals surface area contributed by atoms with Crippen LogP contribution in [0.2, 0.25) is 0 Å². The van der Waals surface area contributed by atoms with E-state index in [9.17, 15) is 9.18 Å². The SMILES string of the molecule is O=C(CCCOc1ccccc1)NC1CCSc2ccc(F)cc21. The number of nitrogens with one attached hydrogen (secondary N) is 1. The molecule has 126 valence electrons. The van der Waals surface area contributed by atoms with E-state index in [0.717, 1.165) is 28.4 Å². The van der Waals surface area contributed by atoms with Crippen molar-refractivity contribution in [1.29, 1.82) is 0 Å². The lowest BCUT2D eigenvalue weighted by atomic mass is 10.0. The van der Waals surface area contributed by atoms with E-state index in [1.54, 1.807) is 17.8 Å². The normalized spacial score (nSPS) is 16.3. The standard InChI is InChI=1S/C19H20FNO2S/c20-14-8-9-18-16(13-14)17(10-12-24-18)21-19(22)7-4-11-23-15-5-2-1-3-6-15/h1-3,5-6,8-9,13,17H,4,7,10-12H2,(H,21,22). The average Bonchev–Trinajstić information content (AvgIpc) is 2.60. The molecule has 3 rings (SSSR count). The fraction of sp³-hybridized carbons (Fsp3) is 0.316. The number of ether oxygens (including phenoxy) is 1. The fourth-order valence-corrected chi connectivity index (χ4v) is 3.83. The lowest BCUT2D eigenvalue weighted by Gasteiger charge is -2.26. The van der Waals surface area contributed by atoms with Crippen LogP contribution in [0.5, 0.6) is 5.75 Å². The predicted octanol–water partition coefficient (Wildman–Crippen LogP) is 4.34. The molecule has 3 nitrogen and oxygen atoms in total. The first-order valence-corrected chi connectivity index (χ1v) is 9.10. The summed E-state index contributed by atoms with van der Waals surface area (Å²) < 4.78 is 19.1. The second-order valence-electron chi connectivity index (χ2n) is 5.70. The van der Waals surface area contributed by atoms with E-state index >= 15 is 0 Å². The smallest absolute Gasteiger partial charge is 0.220 e. The zero-order valence-corrected chi connectivity index (χ0v) is 14.2. The van der Waals surface area contributed by atoms with Crippen LogP contribution in [0.4, 0.5) is 4.39 Å². The van der Waals surface area contributed by atoms with Crippen LogP contribution < -0.4 is 10.1 Å². The maximum absolute atomic E-state index is 13.5. The Morgan fingerprint density at radius 3 is 2.92 bits per heavy atom. The summed E-state index contributed by atoms with van der Waals surface area (Å²) in [6.07, 6.45) is 1.88. The predicted molar refractivity (Wildman–Crippen MR) is 93.8 cm³/mol. The van der Waals surface area contributed by atoms with Crippen molar-refractivity contribution in [2.45, 2.75) is 30.2 Å². The number of rotatable bonds is 6. The summed E-state index contributed by atoms with van der Waals surface area (Å²) in [6, 6.07) is 14.3. The van der Waals surface area contributed by atoms with Gasteiger partial charge in [-0.3, -0.25) is 4.79 Å². The number of hydrogen-bond acceptors (Lipinski definition) is 3. The van der Waals surface area contributed by atoms with Crippen LogP contribution in [0.15, 0.2) is 53.4 Å². The first kappa shape index (κ1) is 16.8. The van der Waals surface area contributed by atoms with Gasteiger partial charge in [0.25, 0.3) is 0 Å². The summed E-state index contributed by atoms with van der Waals surface area (Å²) in [5, 5.41) is 3.03. The molecule has 5 heteroatoms. The molecule has 1 aliphatic heterocycles. The van der Waals surface area contributed by atoms with Crippen molar-refractivity contribution in [3.05, 3.63) is 59.9 Å². The third-order valence-corrected chi connectivity index (χ3v) is 5.03. The molecular weight excluding hydrogens is 325 g/mol. The molecule has 0 bridgehead atoms. The Hall–Kier alpha value is -2.01. The van der Waals surface area contributed by atoms with Crippen molar-refractivity contribution in [3.63, 3.8) is 0 Å². The number of benzene rings is 2. The van der Waals surface area contributed by atoms with E-state index in [1.165, 1.54) is 12.1 Å². The van der Waals surface area contributed by atoms with Crippen LogP contribution in [-0.2, 0) is 4.79 Å². The highest BCUT2D eigenvalue weighted by Gasteiger charge is 2.22. The van der Waals surface area contributed by atoms with Gasteiger partial charge in [-0.1, -0.05) is 18.2 Å². The monoisotopic (exact) mass is 345 g/mol. The molecule has 0 radical (unpaired) electrons. The molecule has 2 aromatic carbocycles. The molecule has 0 spiro atoms. The van der Waals surface area contributed by atoms with Crippen molar-refractivity contribution < 1.29 is 13.9 Å². The largest absolute Gasteiger partial charge is 0.494 e. The lowest BCUT2D eigenvalue weighted by Crippen LogP contribution is -2.30. The van der Waals surface area contributed by atoms with Crippen LogP contribution in [0.25, 0.3) is 0 Å². The van der Waals surface area contributed by atoms with Crippen LogP contribution in [0, 0.1) is 5.82 Å². The van der Waals surface area contributed by atoms with E-state index in [4.69, 9.17) is 4.74 Å². The molecule has 0 fully saturated rings. The van der Waals surface area contributed by atoms with E-state index < -0.39 is 0 Å². The van der Waals surface area contributed by atoms with Gasteiger partial charge < -0.3 is 10.1 Å². The average molecular weight is 345 g/mol. The van der Waals surface area contributed by atoms with Crippen LogP contribution in [-0.4, -0.2) is 18.3 Å². The molecule has 1 unspecified atom stereocenters. The summed E-state index contributed by atoms with van der Waals surface area (Å²) in [5.74, 6) is 1.47. The number of carbonyl (C=O) groups excluding carboxylic acids is 1. The summed E-state index contributed by atoms with van der Waals surface area (Å²) in [5.41, 5.74) is 0.889. The highest BCUT2D eigenvalue weighted by atomic mass is 32.2. The molecular formula is C19H20FNO2S. The van der Waals surface area contributed by atoms with Gasteiger partial charge in [0.2, 0.25) is 5.91 Å². The van der Waals surface area contributed by atoms with Gasteiger partial charge in [-0.15, -0.1) is 11.8 Å². The number of halogens is 1. The molecule has 2 aromatic rings. The summed E-state index contributed by atoms with van der Waals surface area (Å²) in [7, 11) is 0. The third-order valence-electron chi connectivity index (χ3n) is 3.91. The summed E-state index contributed by atoms with van der Waals surface area (Å²) in [6.45, 7) is 0.503. The molecule has 1 aliphatic rings. The van der Waals surface area contributed by atoms with E-state index in [0.29, 0.717) is 19.4 Å². The number of amides is 1. The molecule has 24 heavy (non-hydrogen) atoms. The van der Waals surface area contributed by atoms with Gasteiger partial charge in [0.05, 0.1) is 12.6 Å². The van der Waals surface area contributed by atoms with Crippen molar-refractivity contribution in [2.24, 2.45) is 0 Å². The van der Waals surface area contributed by atoms with Gasteiger partial charge in [-0.2, -0.15) is 0 Å². The van der Waals surface area contributed by atoms with Crippen molar-refractivity contribution in [3.8, 4) is 5.75 Å². The van der Waals surface area contributed by atoms with Crippen LogP contribution in [0.1, 0.15) is 30.9 Å². The molecule has 1 N–H and O–H groups in total. The minimum atomic E-state index is -0.258. The summed E-state index contributed by atoms with van der Waals surface area (Å²) in [4.78, 5) is 13.2. The molecule has 1 heterocycles. The minimum absolute atomic E-state index is 0.0150. The third kappa shape index (κ3) is 4.51. The molecule has 1 amide bonds. The van der Waals surface area contributed by atoms with Crippen LogP contribution in [0.3, 0.4) is 0 Å². The van der Waals surface area contributed by atoms with Gasteiger partial charge in [0.15, 0.2) is 0 Å². The first-order valence-electron chi connectivity index (χ1n) is 8.12. The summed E-state index contributed by atoms with van der Waals surface area (Å²) >= 11 is 1.71. The lowest BCUT2D eigenvalue weighted by molar-refractivity contribution is -0.122. The Morgan fingerprint density at radius 1 is 1.25 bits per heavy atom. The Labute approximate surface area is 145 Å². The maximum atomic E-state index is 13.5. The zero-order valence-electron chi connectivity index (χ0n) is 13.3. The number of fused-ring (bicyclic) bond motifs is 1. The van der Waals surface area contributed by atoms with Crippen molar-refractivity contribution >= 4 is 17.7 Å². The van der Waals surface area contributed by atoms with Crippen LogP contribution >= 0.6 is 11.8 Å². The van der Waals surface area contributed by atoms with Crippen molar-refractivity contribution in [1.82, 2.24) is 5.32 Å². The van der Waals surface area contributed by atoms with E-state index in [-0.39, 0.29) is 17.8 Å². The highest BCUT2D eigenvalue weighted by molar-refractivity contribution is 7.99. The quantitative estimate of drug-likeness (QED) is 0.792. The fourth-order valence-electron chi connectivity index (χ4n) is 2.72. The van der Waals surface area contributed by atoms with Crippen molar-refractivity contribution in [2.75, 3.05) is 12.4 Å². The van der Waals surface area contributed by atoms with Gasteiger partial charge in [0.1, 0.15) is 11.6 Å². The Balaban J connectivity index is 1.47. The highest BCUT2D eigenvalue weighted by Crippen LogP contribution is 2.36. The van der Waals surface area contributed by atoms with Gasteiger partial charge >= 0.3 is 0 Å². The zero-order chi connectivity index (χ0) is 16.8. The second kappa shape index (κ2) is 8.20. The van der Waals surface area contributed by atoms with Gasteiger partial charge in [-0.25, -0.2) is 4.39 Å². The first-order chi connectivity index (χ1) is 11.7. The molecule has 0 aliphatic carbocycles. The van der Waals surface area contributed by atoms with E-state index in [1.807, 2.05) is 30.3 Å². The number of para-hydroxylation sites is 1. The van der Waals surface area contributed by atoms with E-state index in [2.05, 4.69) is 5.32 Å². The topological polar surface area (TPSA) is 38.3 Å². The number of thioether (sulfide) groups is 1. The molecule has 0 saturated heterocycles. The number of carbonyl (C=O) groups is 1. The maximum Gasteiger partial charge on any atom is 0.220 e. The van der Waals surface area contributed by atoms with Gasteiger partial charge in [0, 0.05) is 17.1 Å². The Kier molecular flexibility index (Phi) is 5.75. The Bertz CT molecular complexity index is 693. The molecule has 1 atom stereocenters. The Morgan fingerprint density at radius 2 is 2.08 bits per heavy atom. The second-order valence-corrected chi connectivity index (χ2v) is 6.84.